The molecule has 0 amide bonds. The molecule has 1 aliphatic rings. The van der Waals surface area contributed by atoms with E-state index in [-0.39, 0.29) is 12.6 Å². The minimum Gasteiger partial charge on any atom is -0.483 e. The largest absolute Gasteiger partial charge is 0.483 e. The topological polar surface area (TPSA) is 67.6 Å². The summed E-state index contributed by atoms with van der Waals surface area (Å²) in [5, 5.41) is 13.7. The monoisotopic (exact) mass is 351 g/mol. The van der Waals surface area contributed by atoms with Crippen LogP contribution in [0.2, 0.25) is 0 Å². The van der Waals surface area contributed by atoms with Gasteiger partial charge < -0.3 is 9.84 Å². The summed E-state index contributed by atoms with van der Waals surface area (Å²) in [5.74, 6) is 0. The highest BCUT2D eigenvalue weighted by atomic mass is 32.1. The van der Waals surface area contributed by atoms with Crippen LogP contribution in [0.25, 0.3) is 0 Å². The molecule has 3 heterocycles. The third-order valence-electron chi connectivity index (χ3n) is 3.92. The first-order valence-corrected chi connectivity index (χ1v) is 8.91. The van der Waals surface area contributed by atoms with Crippen LogP contribution >= 0.6 is 11.3 Å². The van der Waals surface area contributed by atoms with Crippen molar-refractivity contribution < 1.29 is 14.6 Å². The Labute approximate surface area is 146 Å². The van der Waals surface area contributed by atoms with Crippen molar-refractivity contribution in [2.45, 2.75) is 46.1 Å². The van der Waals surface area contributed by atoms with E-state index in [0.717, 1.165) is 31.7 Å². The minimum atomic E-state index is -0.250. The van der Waals surface area contributed by atoms with Crippen LogP contribution < -0.4 is 0 Å². The highest BCUT2D eigenvalue weighted by Gasteiger charge is 2.24. The van der Waals surface area contributed by atoms with Crippen molar-refractivity contribution in [3.8, 4) is 0 Å². The second-order valence-corrected chi connectivity index (χ2v) is 7.03. The maximum absolute atomic E-state index is 8.36. The van der Waals surface area contributed by atoms with Crippen LogP contribution in [0.15, 0.2) is 17.5 Å². The van der Waals surface area contributed by atoms with Crippen LogP contribution in [-0.4, -0.2) is 38.9 Å². The quantitative estimate of drug-likeness (QED) is 0.839. The fraction of sp³-hybridized carbons (Fsp3) is 0.529. The summed E-state index contributed by atoms with van der Waals surface area (Å²) in [4.78, 5) is 12.3. The van der Waals surface area contributed by atoms with Crippen molar-refractivity contribution in [2.24, 2.45) is 7.05 Å². The number of nitrogens with zero attached hydrogens (tertiary/aromatic N) is 3. The number of ether oxygens (including phenoxy) is 1. The number of aromatic nitrogens is 2. The Kier molecular flexibility index (Phi) is 6.96. The van der Waals surface area contributed by atoms with Crippen molar-refractivity contribution >= 4 is 17.8 Å². The molecule has 3 rings (SSSR count). The summed E-state index contributed by atoms with van der Waals surface area (Å²) >= 11 is 1.83. The SMILES string of the molecule is CC(C)OCc1nn(C)c2c1CN(Cc1cccs1)CC2.O=CO. The van der Waals surface area contributed by atoms with Gasteiger partial charge in [-0.05, 0) is 25.3 Å². The molecule has 2 aromatic heterocycles. The molecular weight excluding hydrogens is 326 g/mol. The van der Waals surface area contributed by atoms with Gasteiger partial charge in [0.05, 0.1) is 18.4 Å². The first-order valence-electron chi connectivity index (χ1n) is 8.03. The van der Waals surface area contributed by atoms with Crippen molar-refractivity contribution in [1.82, 2.24) is 14.7 Å². The van der Waals surface area contributed by atoms with Gasteiger partial charge in [0.15, 0.2) is 0 Å². The minimum absolute atomic E-state index is 0.244. The molecule has 1 N–H and O–H groups in total. The van der Waals surface area contributed by atoms with Gasteiger partial charge >= 0.3 is 0 Å². The lowest BCUT2D eigenvalue weighted by Crippen LogP contribution is -2.30. The highest BCUT2D eigenvalue weighted by molar-refractivity contribution is 7.09. The summed E-state index contributed by atoms with van der Waals surface area (Å²) < 4.78 is 7.79. The Morgan fingerprint density at radius 3 is 2.88 bits per heavy atom. The molecule has 1 aliphatic heterocycles. The molecule has 6 nitrogen and oxygen atoms in total. The van der Waals surface area contributed by atoms with Crippen LogP contribution in [0.5, 0.6) is 0 Å². The number of hydrogen-bond acceptors (Lipinski definition) is 5. The average Bonchev–Trinajstić information content (AvgIpc) is 3.14. The fourth-order valence-corrected chi connectivity index (χ4v) is 3.59. The zero-order valence-electron chi connectivity index (χ0n) is 14.4. The van der Waals surface area contributed by atoms with Crippen molar-refractivity contribution in [3.63, 3.8) is 0 Å². The molecular formula is C17H25N3O3S. The van der Waals surface area contributed by atoms with Gasteiger partial charge in [0.1, 0.15) is 0 Å². The van der Waals surface area contributed by atoms with Crippen molar-refractivity contribution in [1.29, 1.82) is 0 Å². The summed E-state index contributed by atoms with van der Waals surface area (Å²) in [6.07, 6.45) is 1.32. The molecule has 0 bridgehead atoms. The number of thiophene rings is 1. The first-order chi connectivity index (χ1) is 11.5. The Hall–Kier alpha value is -1.70. The molecule has 0 radical (unpaired) electrons. The van der Waals surface area contributed by atoms with Crippen LogP contribution in [0.4, 0.5) is 0 Å². The maximum Gasteiger partial charge on any atom is 0.290 e. The highest BCUT2D eigenvalue weighted by Crippen LogP contribution is 2.25. The van der Waals surface area contributed by atoms with Gasteiger partial charge in [-0.1, -0.05) is 6.07 Å². The summed E-state index contributed by atoms with van der Waals surface area (Å²) in [6.45, 7) is 7.63. The smallest absolute Gasteiger partial charge is 0.290 e. The summed E-state index contributed by atoms with van der Waals surface area (Å²) in [5.41, 5.74) is 3.86. The van der Waals surface area contributed by atoms with Gasteiger partial charge in [0.25, 0.3) is 6.47 Å². The fourth-order valence-electron chi connectivity index (χ4n) is 2.85. The average molecular weight is 351 g/mol. The molecule has 0 unspecified atom stereocenters. The van der Waals surface area contributed by atoms with Gasteiger partial charge in [-0.2, -0.15) is 5.10 Å². The van der Waals surface area contributed by atoms with E-state index in [4.69, 9.17) is 14.6 Å². The molecule has 0 fully saturated rings. The zero-order valence-corrected chi connectivity index (χ0v) is 15.3. The third kappa shape index (κ3) is 4.90. The number of rotatable bonds is 5. The normalized spacial score (nSPS) is 14.2. The first kappa shape index (κ1) is 18.6. The second-order valence-electron chi connectivity index (χ2n) is 6.00. The number of aryl methyl sites for hydroxylation is 1. The molecule has 0 saturated carbocycles. The van der Waals surface area contributed by atoms with E-state index in [1.807, 2.05) is 23.1 Å². The van der Waals surface area contributed by atoms with E-state index in [1.54, 1.807) is 0 Å². The number of fused-ring (bicyclic) bond motifs is 1. The lowest BCUT2D eigenvalue weighted by atomic mass is 10.1. The maximum atomic E-state index is 8.36. The van der Waals surface area contributed by atoms with E-state index in [0.29, 0.717) is 6.61 Å². The third-order valence-corrected chi connectivity index (χ3v) is 4.78. The lowest BCUT2D eigenvalue weighted by Gasteiger charge is -2.27. The predicted molar refractivity (Wildman–Crippen MR) is 94.0 cm³/mol. The molecule has 0 spiro atoms. The van der Waals surface area contributed by atoms with E-state index >= 15 is 0 Å². The summed E-state index contributed by atoms with van der Waals surface area (Å²) in [7, 11) is 2.05. The van der Waals surface area contributed by atoms with Crippen molar-refractivity contribution in [3.05, 3.63) is 39.3 Å². The Balaban J connectivity index is 0.000000647. The molecule has 2 aromatic rings. The van der Waals surface area contributed by atoms with E-state index in [9.17, 15) is 0 Å². The molecule has 0 aliphatic carbocycles. The Morgan fingerprint density at radius 1 is 1.50 bits per heavy atom. The molecule has 0 aromatic carbocycles. The van der Waals surface area contributed by atoms with E-state index in [1.165, 1.54) is 16.1 Å². The Bertz CT molecular complexity index is 638. The van der Waals surface area contributed by atoms with Crippen LogP contribution in [0.1, 0.15) is 35.7 Å². The van der Waals surface area contributed by atoms with Gasteiger partial charge in [-0.25, -0.2) is 0 Å². The van der Waals surface area contributed by atoms with Gasteiger partial charge in [-0.15, -0.1) is 11.3 Å². The second kappa shape index (κ2) is 8.96. The van der Waals surface area contributed by atoms with E-state index in [2.05, 4.69) is 41.4 Å². The molecule has 24 heavy (non-hydrogen) atoms. The van der Waals surface area contributed by atoms with Gasteiger partial charge in [0, 0.05) is 49.2 Å². The van der Waals surface area contributed by atoms with E-state index < -0.39 is 0 Å². The number of carboxylic acid groups (broad SMARTS) is 1. The molecule has 132 valence electrons. The zero-order chi connectivity index (χ0) is 17.5. The van der Waals surface area contributed by atoms with Crippen LogP contribution in [-0.2, 0) is 42.7 Å². The number of carbonyl (C=O) groups is 1. The Morgan fingerprint density at radius 2 is 2.25 bits per heavy atom. The van der Waals surface area contributed by atoms with Crippen LogP contribution in [0, 0.1) is 0 Å². The van der Waals surface area contributed by atoms with Crippen molar-refractivity contribution in [2.75, 3.05) is 6.54 Å². The van der Waals surface area contributed by atoms with Gasteiger partial charge in [-0.3, -0.25) is 14.4 Å². The van der Waals surface area contributed by atoms with Crippen LogP contribution in [0.3, 0.4) is 0 Å². The molecule has 0 atom stereocenters. The molecule has 0 saturated heterocycles. The lowest BCUT2D eigenvalue weighted by molar-refractivity contribution is -0.122. The number of hydrogen-bond donors (Lipinski definition) is 1. The predicted octanol–water partition coefficient (Wildman–Crippen LogP) is 2.67. The summed E-state index contributed by atoms with van der Waals surface area (Å²) in [6, 6.07) is 4.34. The standard InChI is InChI=1S/C16H23N3OS.CH2O2/c1-12(2)20-11-15-14-10-19(9-13-5-4-8-21-13)7-6-16(14)18(3)17-15;2-1-3/h4-5,8,12H,6-7,9-11H2,1-3H3;1H,(H,2,3). The molecule has 7 heteroatoms. The van der Waals surface area contributed by atoms with Gasteiger partial charge in [0.2, 0.25) is 0 Å².